The highest BCUT2D eigenvalue weighted by Crippen LogP contribution is 2.25. The summed E-state index contributed by atoms with van der Waals surface area (Å²) in [7, 11) is 6.88. The van der Waals surface area contributed by atoms with Gasteiger partial charge in [-0.05, 0) is 16.9 Å². The molecule has 0 saturated heterocycles. The van der Waals surface area contributed by atoms with Crippen molar-refractivity contribution in [2.24, 2.45) is 0 Å². The molecule has 0 saturated carbocycles. The van der Waals surface area contributed by atoms with E-state index in [-0.39, 0.29) is 0 Å². The summed E-state index contributed by atoms with van der Waals surface area (Å²) in [6.45, 7) is 0.584. The molecule has 2 unspecified atom stereocenters. The van der Waals surface area contributed by atoms with Crippen LogP contribution in [0.5, 0.6) is 5.88 Å². The van der Waals surface area contributed by atoms with E-state index in [1.54, 1.807) is 25.6 Å². The lowest BCUT2D eigenvalue weighted by molar-refractivity contribution is 0.401. The molecular formula is C18H17N5O2P2. The Morgan fingerprint density at radius 1 is 1.11 bits per heavy atom. The molecule has 27 heavy (non-hydrogen) atoms. The van der Waals surface area contributed by atoms with Gasteiger partial charge in [-0.25, -0.2) is 4.98 Å². The maximum atomic E-state index is 5.29. The van der Waals surface area contributed by atoms with Gasteiger partial charge in [-0.15, -0.1) is 9.24 Å². The first-order valence-corrected chi connectivity index (χ1v) is 9.30. The predicted octanol–water partition coefficient (Wildman–Crippen LogP) is 2.05. The Hall–Kier alpha value is -2.62. The first-order valence-electron chi connectivity index (χ1n) is 8.14. The zero-order chi connectivity index (χ0) is 18.8. The van der Waals surface area contributed by atoms with Crippen LogP contribution in [0.4, 0.5) is 0 Å². The summed E-state index contributed by atoms with van der Waals surface area (Å²) in [6, 6.07) is 11.8. The summed E-state index contributed by atoms with van der Waals surface area (Å²) in [6.07, 6.45) is 3.23. The SMILES string of the molecule is COc1nc(-c2cc(-c3ccon3)n(Cc3ccccc3P)n2)ncc1P. The van der Waals surface area contributed by atoms with E-state index >= 15 is 0 Å². The molecule has 0 fully saturated rings. The number of rotatable bonds is 5. The third-order valence-corrected chi connectivity index (χ3v) is 5.02. The summed E-state index contributed by atoms with van der Waals surface area (Å²) in [5.74, 6) is 0.985. The molecule has 2 atom stereocenters. The maximum Gasteiger partial charge on any atom is 0.224 e. The standard InChI is InChI=1S/C18H17N5O2P2/c1-24-18-16(27)9-19-17(20-18)13-8-14(12-6-7-25-22-12)23(21-13)10-11-4-2-3-5-15(11)26/h2-9H,10,26-27H2,1H3. The molecule has 0 amide bonds. The van der Waals surface area contributed by atoms with Crippen LogP contribution in [-0.4, -0.2) is 32.0 Å². The van der Waals surface area contributed by atoms with Crippen molar-refractivity contribution in [2.75, 3.05) is 7.11 Å². The Labute approximate surface area is 160 Å². The largest absolute Gasteiger partial charge is 0.480 e. The molecule has 0 aliphatic rings. The van der Waals surface area contributed by atoms with E-state index in [1.807, 2.05) is 28.9 Å². The van der Waals surface area contributed by atoms with E-state index in [4.69, 9.17) is 14.4 Å². The number of ether oxygens (including phenoxy) is 1. The Morgan fingerprint density at radius 3 is 2.70 bits per heavy atom. The molecular weight excluding hydrogens is 380 g/mol. The summed E-state index contributed by atoms with van der Waals surface area (Å²) in [5.41, 5.74) is 3.30. The van der Waals surface area contributed by atoms with E-state index in [1.165, 1.54) is 0 Å². The van der Waals surface area contributed by atoms with Crippen molar-refractivity contribution in [2.45, 2.75) is 6.54 Å². The van der Waals surface area contributed by atoms with Gasteiger partial charge in [0.2, 0.25) is 5.88 Å². The van der Waals surface area contributed by atoms with Crippen molar-refractivity contribution < 1.29 is 9.26 Å². The molecule has 4 rings (SSSR count). The highest BCUT2D eigenvalue weighted by molar-refractivity contribution is 7.27. The van der Waals surface area contributed by atoms with Gasteiger partial charge in [-0.2, -0.15) is 10.1 Å². The van der Waals surface area contributed by atoms with Gasteiger partial charge in [-0.3, -0.25) is 4.68 Å². The highest BCUT2D eigenvalue weighted by Gasteiger charge is 2.17. The third kappa shape index (κ3) is 3.61. The average molecular weight is 397 g/mol. The van der Waals surface area contributed by atoms with Crippen LogP contribution in [0.2, 0.25) is 0 Å². The van der Waals surface area contributed by atoms with Crippen molar-refractivity contribution in [3.8, 4) is 28.8 Å². The van der Waals surface area contributed by atoms with Crippen LogP contribution < -0.4 is 15.3 Å². The number of hydrogen-bond acceptors (Lipinski definition) is 6. The van der Waals surface area contributed by atoms with Gasteiger partial charge in [-0.1, -0.05) is 38.7 Å². The highest BCUT2D eigenvalue weighted by atomic mass is 31.0. The summed E-state index contributed by atoms with van der Waals surface area (Å²) < 4.78 is 12.2. The summed E-state index contributed by atoms with van der Waals surface area (Å²) in [5, 5.41) is 10.7. The molecule has 0 bridgehead atoms. The minimum absolute atomic E-state index is 0.487. The molecule has 3 heterocycles. The smallest absolute Gasteiger partial charge is 0.224 e. The second kappa shape index (κ2) is 7.55. The number of methoxy groups -OCH3 is 1. The second-order valence-corrected chi connectivity index (χ2v) is 7.06. The van der Waals surface area contributed by atoms with Crippen LogP contribution in [0.3, 0.4) is 0 Å². The number of hydrogen-bond donors (Lipinski definition) is 0. The van der Waals surface area contributed by atoms with Gasteiger partial charge < -0.3 is 9.26 Å². The monoisotopic (exact) mass is 397 g/mol. The van der Waals surface area contributed by atoms with Crippen molar-refractivity contribution >= 4 is 29.1 Å². The van der Waals surface area contributed by atoms with Crippen molar-refractivity contribution in [3.63, 3.8) is 0 Å². The summed E-state index contributed by atoms with van der Waals surface area (Å²) >= 11 is 0. The molecule has 0 aliphatic carbocycles. The number of nitrogens with zero attached hydrogens (tertiary/aromatic N) is 5. The fraction of sp³-hybridized carbons (Fsp3) is 0.111. The van der Waals surface area contributed by atoms with Crippen LogP contribution in [0.15, 0.2) is 53.4 Å². The predicted molar refractivity (Wildman–Crippen MR) is 110 cm³/mol. The molecule has 136 valence electrons. The minimum atomic E-state index is 0.487. The van der Waals surface area contributed by atoms with Crippen LogP contribution in [0.25, 0.3) is 22.9 Å². The average Bonchev–Trinajstić information content (AvgIpc) is 3.34. The van der Waals surface area contributed by atoms with Crippen molar-refractivity contribution in [3.05, 3.63) is 54.4 Å². The molecule has 0 aliphatic heterocycles. The first-order chi connectivity index (χ1) is 13.2. The Balaban J connectivity index is 1.80. The Morgan fingerprint density at radius 2 is 1.96 bits per heavy atom. The Bertz CT molecular complexity index is 1080. The molecule has 1 aromatic carbocycles. The van der Waals surface area contributed by atoms with Crippen molar-refractivity contribution in [1.29, 1.82) is 0 Å². The van der Waals surface area contributed by atoms with Crippen molar-refractivity contribution in [1.82, 2.24) is 24.9 Å². The van der Waals surface area contributed by atoms with E-state index in [2.05, 4.69) is 39.7 Å². The van der Waals surface area contributed by atoms with Gasteiger partial charge in [0.15, 0.2) is 5.82 Å². The molecule has 0 radical (unpaired) electrons. The van der Waals surface area contributed by atoms with Crippen LogP contribution in [0, 0.1) is 0 Å². The lowest BCUT2D eigenvalue weighted by Gasteiger charge is -2.08. The van der Waals surface area contributed by atoms with Gasteiger partial charge >= 0.3 is 0 Å². The van der Waals surface area contributed by atoms with E-state index < -0.39 is 0 Å². The normalized spacial score (nSPS) is 10.9. The van der Waals surface area contributed by atoms with E-state index in [0.29, 0.717) is 29.6 Å². The lowest BCUT2D eigenvalue weighted by Crippen LogP contribution is -2.10. The molecule has 7 nitrogen and oxygen atoms in total. The molecule has 0 spiro atoms. The van der Waals surface area contributed by atoms with Crippen LogP contribution >= 0.6 is 18.5 Å². The van der Waals surface area contributed by atoms with Gasteiger partial charge in [0.05, 0.1) is 19.3 Å². The number of benzene rings is 1. The van der Waals surface area contributed by atoms with E-state index in [9.17, 15) is 0 Å². The quantitative estimate of drug-likeness (QED) is 0.480. The Kier molecular flexibility index (Phi) is 4.97. The molecule has 4 aromatic rings. The minimum Gasteiger partial charge on any atom is -0.480 e. The second-order valence-electron chi connectivity index (χ2n) is 5.81. The van der Waals surface area contributed by atoms with Gasteiger partial charge in [0.25, 0.3) is 0 Å². The summed E-state index contributed by atoms with van der Waals surface area (Å²) in [4.78, 5) is 8.83. The van der Waals surface area contributed by atoms with Crippen LogP contribution in [0.1, 0.15) is 5.56 Å². The lowest BCUT2D eigenvalue weighted by atomic mass is 10.2. The molecule has 3 aromatic heterocycles. The van der Waals surface area contributed by atoms with Crippen LogP contribution in [-0.2, 0) is 6.54 Å². The fourth-order valence-electron chi connectivity index (χ4n) is 2.70. The number of aromatic nitrogens is 5. The van der Waals surface area contributed by atoms with Gasteiger partial charge in [0.1, 0.15) is 17.7 Å². The zero-order valence-electron chi connectivity index (χ0n) is 14.5. The first kappa shape index (κ1) is 17.8. The molecule has 9 heteroatoms. The third-order valence-electron chi connectivity index (χ3n) is 4.06. The fourth-order valence-corrected chi connectivity index (χ4v) is 3.25. The maximum absolute atomic E-state index is 5.29. The van der Waals surface area contributed by atoms with E-state index in [0.717, 1.165) is 21.9 Å². The molecule has 0 N–H and O–H groups in total. The van der Waals surface area contributed by atoms with Gasteiger partial charge in [0, 0.05) is 17.6 Å². The zero-order valence-corrected chi connectivity index (χ0v) is 16.8. The topological polar surface area (TPSA) is 78.9 Å².